The first-order valence-corrected chi connectivity index (χ1v) is 11.6. The molecule has 1 aliphatic rings. The third kappa shape index (κ3) is 5.84. The minimum atomic E-state index is -3.67. The molecule has 30 heavy (non-hydrogen) atoms. The maximum Gasteiger partial charge on any atom is 0.240 e. The number of hydrogen-bond acceptors (Lipinski definition) is 6. The van der Waals surface area contributed by atoms with Crippen molar-refractivity contribution in [1.82, 2.24) is 14.6 Å². The van der Waals surface area contributed by atoms with Gasteiger partial charge in [-0.05, 0) is 43.3 Å². The Balaban J connectivity index is 1.45. The molecule has 162 valence electrons. The van der Waals surface area contributed by atoms with Gasteiger partial charge in [0.25, 0.3) is 0 Å². The van der Waals surface area contributed by atoms with Crippen molar-refractivity contribution in [3.63, 3.8) is 0 Å². The Bertz CT molecular complexity index is 961. The number of pyridine rings is 1. The summed E-state index contributed by atoms with van der Waals surface area (Å²) in [6, 6.07) is 11.6. The van der Waals surface area contributed by atoms with Crippen LogP contribution >= 0.6 is 11.6 Å². The largest absolute Gasteiger partial charge is 0.494 e. The summed E-state index contributed by atoms with van der Waals surface area (Å²) in [5.41, 5.74) is 0. The molecule has 0 atom stereocenters. The fraction of sp³-hybridized carbons (Fsp3) is 0.400. The maximum atomic E-state index is 12.5. The van der Waals surface area contributed by atoms with Crippen LogP contribution in [0.25, 0.3) is 0 Å². The molecule has 0 saturated carbocycles. The Labute approximate surface area is 181 Å². The second-order valence-corrected chi connectivity index (χ2v) is 8.89. The first-order valence-electron chi connectivity index (χ1n) is 9.77. The molecule has 0 bridgehead atoms. The van der Waals surface area contributed by atoms with Crippen LogP contribution in [0.2, 0.25) is 5.15 Å². The van der Waals surface area contributed by atoms with Crippen molar-refractivity contribution in [2.45, 2.75) is 18.2 Å². The molecule has 1 fully saturated rings. The van der Waals surface area contributed by atoms with Crippen LogP contribution in [0, 0.1) is 0 Å². The number of hydrogen-bond donors (Lipinski definition) is 1. The van der Waals surface area contributed by atoms with Crippen molar-refractivity contribution in [2.75, 3.05) is 44.2 Å². The summed E-state index contributed by atoms with van der Waals surface area (Å²) >= 11 is 5.94. The molecule has 0 unspecified atom stereocenters. The van der Waals surface area contributed by atoms with E-state index < -0.39 is 10.0 Å². The van der Waals surface area contributed by atoms with Crippen LogP contribution in [0.4, 0.5) is 5.82 Å². The Morgan fingerprint density at radius 3 is 2.47 bits per heavy atom. The van der Waals surface area contributed by atoms with E-state index in [1.807, 2.05) is 19.1 Å². The van der Waals surface area contributed by atoms with Crippen LogP contribution < -0.4 is 14.4 Å². The normalized spacial score (nSPS) is 14.6. The van der Waals surface area contributed by atoms with Gasteiger partial charge in [-0.15, -0.1) is 0 Å². The summed E-state index contributed by atoms with van der Waals surface area (Å²) in [6.07, 6.45) is 0.103. The second kappa shape index (κ2) is 10.1. The van der Waals surface area contributed by atoms with Gasteiger partial charge in [-0.1, -0.05) is 17.7 Å². The molecule has 2 heterocycles. The number of nitrogens with zero attached hydrogens (tertiary/aromatic N) is 3. The number of halogens is 1. The van der Waals surface area contributed by atoms with E-state index in [9.17, 15) is 13.2 Å². The van der Waals surface area contributed by atoms with Crippen LogP contribution in [-0.4, -0.2) is 63.5 Å². The number of ether oxygens (including phenoxy) is 1. The molecular weight excluding hydrogens is 428 g/mol. The summed E-state index contributed by atoms with van der Waals surface area (Å²) in [6.45, 7) is 4.82. The van der Waals surface area contributed by atoms with Crippen LogP contribution in [0.15, 0.2) is 47.4 Å². The van der Waals surface area contributed by atoms with Crippen LogP contribution in [0.3, 0.4) is 0 Å². The Hall–Kier alpha value is -2.36. The van der Waals surface area contributed by atoms with E-state index in [0.29, 0.717) is 43.7 Å². The quantitative estimate of drug-likeness (QED) is 0.617. The highest BCUT2D eigenvalue weighted by atomic mass is 35.5. The lowest BCUT2D eigenvalue weighted by molar-refractivity contribution is -0.131. The predicted octanol–water partition coefficient (Wildman–Crippen LogP) is 2.15. The number of aromatic nitrogens is 1. The molecule has 10 heteroatoms. The van der Waals surface area contributed by atoms with Gasteiger partial charge in [-0.25, -0.2) is 18.1 Å². The minimum Gasteiger partial charge on any atom is -0.494 e. The molecule has 2 aromatic rings. The molecule has 1 aliphatic heterocycles. The van der Waals surface area contributed by atoms with Crippen LogP contribution in [0.1, 0.15) is 13.3 Å². The number of benzene rings is 1. The van der Waals surface area contributed by atoms with E-state index in [1.54, 1.807) is 23.1 Å². The van der Waals surface area contributed by atoms with E-state index in [2.05, 4.69) is 14.6 Å². The lowest BCUT2D eigenvalue weighted by Gasteiger charge is -2.35. The molecule has 1 aromatic heterocycles. The van der Waals surface area contributed by atoms with Gasteiger partial charge in [-0.2, -0.15) is 0 Å². The topological polar surface area (TPSA) is 91.8 Å². The lowest BCUT2D eigenvalue weighted by Crippen LogP contribution is -2.49. The maximum absolute atomic E-state index is 12.5. The lowest BCUT2D eigenvalue weighted by atomic mass is 10.2. The van der Waals surface area contributed by atoms with Gasteiger partial charge in [0.05, 0.1) is 11.5 Å². The van der Waals surface area contributed by atoms with Gasteiger partial charge in [0.2, 0.25) is 15.9 Å². The summed E-state index contributed by atoms with van der Waals surface area (Å²) in [5, 5.41) is 0.436. The van der Waals surface area contributed by atoms with Crippen LogP contribution in [0.5, 0.6) is 5.75 Å². The Kier molecular flexibility index (Phi) is 7.52. The number of anilines is 1. The first kappa shape index (κ1) is 22.3. The number of nitrogens with one attached hydrogen (secondary N) is 1. The minimum absolute atomic E-state index is 0.0461. The second-order valence-electron chi connectivity index (χ2n) is 6.74. The van der Waals surface area contributed by atoms with E-state index in [0.717, 1.165) is 5.82 Å². The van der Waals surface area contributed by atoms with Gasteiger partial charge < -0.3 is 14.5 Å². The van der Waals surface area contributed by atoms with Crippen molar-refractivity contribution >= 4 is 33.3 Å². The predicted molar refractivity (Wildman–Crippen MR) is 115 cm³/mol. The Morgan fingerprint density at radius 1 is 1.13 bits per heavy atom. The van der Waals surface area contributed by atoms with Gasteiger partial charge in [-0.3, -0.25) is 4.79 Å². The van der Waals surface area contributed by atoms with Crippen molar-refractivity contribution < 1.29 is 17.9 Å². The third-order valence-electron chi connectivity index (χ3n) is 4.73. The van der Waals surface area contributed by atoms with Crippen molar-refractivity contribution in [3.8, 4) is 5.75 Å². The zero-order chi connectivity index (χ0) is 21.6. The molecule has 8 nitrogen and oxygen atoms in total. The monoisotopic (exact) mass is 452 g/mol. The highest BCUT2D eigenvalue weighted by Gasteiger charge is 2.22. The average molecular weight is 453 g/mol. The van der Waals surface area contributed by atoms with Gasteiger partial charge in [0.15, 0.2) is 0 Å². The molecular formula is C20H25ClN4O4S. The van der Waals surface area contributed by atoms with Gasteiger partial charge >= 0.3 is 0 Å². The highest BCUT2D eigenvalue weighted by molar-refractivity contribution is 7.89. The number of rotatable bonds is 8. The zero-order valence-electron chi connectivity index (χ0n) is 16.8. The highest BCUT2D eigenvalue weighted by Crippen LogP contribution is 2.17. The number of piperazine rings is 1. The fourth-order valence-electron chi connectivity index (χ4n) is 3.17. The van der Waals surface area contributed by atoms with Crippen molar-refractivity contribution in [3.05, 3.63) is 47.6 Å². The van der Waals surface area contributed by atoms with E-state index >= 15 is 0 Å². The first-order chi connectivity index (χ1) is 14.4. The van der Waals surface area contributed by atoms with E-state index in [4.69, 9.17) is 16.3 Å². The molecule has 0 spiro atoms. The van der Waals surface area contributed by atoms with Crippen LogP contribution in [-0.2, 0) is 14.8 Å². The summed E-state index contributed by atoms with van der Waals surface area (Å²) in [4.78, 5) is 20.7. The molecule has 0 radical (unpaired) electrons. The van der Waals surface area contributed by atoms with Crippen molar-refractivity contribution in [1.29, 1.82) is 0 Å². The standard InChI is InChI=1S/C20H25ClN4O4S/c1-2-29-16-6-8-17(9-7-16)30(27,28)22-11-10-20(26)25-14-12-24(13-15-25)19-5-3-4-18(21)23-19/h3-9,22H,2,10-15H2,1H3. The summed E-state index contributed by atoms with van der Waals surface area (Å²) in [5.74, 6) is 1.32. The summed E-state index contributed by atoms with van der Waals surface area (Å²) in [7, 11) is -3.67. The smallest absolute Gasteiger partial charge is 0.240 e. The summed E-state index contributed by atoms with van der Waals surface area (Å²) < 4.78 is 32.6. The zero-order valence-corrected chi connectivity index (χ0v) is 18.3. The van der Waals surface area contributed by atoms with E-state index in [1.165, 1.54) is 12.1 Å². The fourth-order valence-corrected chi connectivity index (χ4v) is 4.37. The molecule has 1 amide bonds. The number of carbonyl (C=O) groups excluding carboxylic acids is 1. The molecule has 1 aromatic carbocycles. The molecule has 1 N–H and O–H groups in total. The SMILES string of the molecule is CCOc1ccc(S(=O)(=O)NCCC(=O)N2CCN(c3cccc(Cl)n3)CC2)cc1. The van der Waals surface area contributed by atoms with Crippen molar-refractivity contribution in [2.24, 2.45) is 0 Å². The third-order valence-corrected chi connectivity index (χ3v) is 6.42. The van der Waals surface area contributed by atoms with Gasteiger partial charge in [0.1, 0.15) is 16.7 Å². The average Bonchev–Trinajstić information content (AvgIpc) is 2.74. The molecule has 0 aliphatic carbocycles. The van der Waals surface area contributed by atoms with E-state index in [-0.39, 0.29) is 23.8 Å². The molecule has 3 rings (SSSR count). The number of amides is 1. The number of sulfonamides is 1. The number of carbonyl (C=O) groups is 1. The Morgan fingerprint density at radius 2 is 1.83 bits per heavy atom. The molecule has 1 saturated heterocycles. The van der Waals surface area contributed by atoms with Gasteiger partial charge in [0, 0.05) is 39.1 Å².